The Morgan fingerprint density at radius 2 is 2.38 bits per heavy atom. The SMILES string of the molecule is C[C@H](NCCCN)c1ccccn1. The van der Waals surface area contributed by atoms with Gasteiger partial charge >= 0.3 is 0 Å². The second-order valence-corrected chi connectivity index (χ2v) is 3.07. The van der Waals surface area contributed by atoms with Crippen molar-refractivity contribution in [1.82, 2.24) is 10.3 Å². The van der Waals surface area contributed by atoms with Crippen LogP contribution in [-0.4, -0.2) is 18.1 Å². The van der Waals surface area contributed by atoms with E-state index in [0.29, 0.717) is 6.04 Å². The largest absolute Gasteiger partial charge is 0.330 e. The zero-order valence-electron chi connectivity index (χ0n) is 8.03. The second kappa shape index (κ2) is 5.67. The summed E-state index contributed by atoms with van der Waals surface area (Å²) in [6.45, 7) is 3.80. The van der Waals surface area contributed by atoms with Crippen LogP contribution in [-0.2, 0) is 0 Å². The molecule has 0 saturated heterocycles. The average Bonchev–Trinajstić information content (AvgIpc) is 2.19. The molecule has 0 spiro atoms. The third-order valence-corrected chi connectivity index (χ3v) is 1.96. The van der Waals surface area contributed by atoms with Crippen molar-refractivity contribution >= 4 is 0 Å². The van der Waals surface area contributed by atoms with Gasteiger partial charge in [-0.05, 0) is 38.6 Å². The lowest BCUT2D eigenvalue weighted by atomic mass is 10.2. The minimum Gasteiger partial charge on any atom is -0.330 e. The van der Waals surface area contributed by atoms with Crippen molar-refractivity contribution in [1.29, 1.82) is 0 Å². The number of aromatic nitrogens is 1. The Labute approximate surface area is 79.4 Å². The monoisotopic (exact) mass is 179 g/mol. The van der Waals surface area contributed by atoms with Crippen molar-refractivity contribution in [2.24, 2.45) is 5.73 Å². The molecular formula is C10H17N3. The molecule has 1 atom stereocenters. The Kier molecular flexibility index (Phi) is 4.43. The lowest BCUT2D eigenvalue weighted by Crippen LogP contribution is -2.22. The molecule has 0 bridgehead atoms. The maximum absolute atomic E-state index is 5.40. The van der Waals surface area contributed by atoms with E-state index in [0.717, 1.165) is 25.2 Å². The van der Waals surface area contributed by atoms with E-state index in [1.54, 1.807) is 0 Å². The predicted molar refractivity (Wildman–Crippen MR) is 54.3 cm³/mol. The average molecular weight is 179 g/mol. The Morgan fingerprint density at radius 3 is 3.00 bits per heavy atom. The lowest BCUT2D eigenvalue weighted by molar-refractivity contribution is 0.550. The van der Waals surface area contributed by atoms with Crippen molar-refractivity contribution in [2.75, 3.05) is 13.1 Å². The molecule has 1 aromatic heterocycles. The number of nitrogens with two attached hydrogens (primary N) is 1. The highest BCUT2D eigenvalue weighted by Gasteiger charge is 2.03. The number of hydrogen-bond acceptors (Lipinski definition) is 3. The van der Waals surface area contributed by atoms with E-state index in [-0.39, 0.29) is 0 Å². The maximum atomic E-state index is 5.40. The third kappa shape index (κ3) is 3.53. The molecule has 0 fully saturated rings. The van der Waals surface area contributed by atoms with E-state index < -0.39 is 0 Å². The van der Waals surface area contributed by atoms with Crippen LogP contribution in [0.15, 0.2) is 24.4 Å². The van der Waals surface area contributed by atoms with Crippen LogP contribution >= 0.6 is 0 Å². The van der Waals surface area contributed by atoms with Gasteiger partial charge in [-0.1, -0.05) is 6.07 Å². The van der Waals surface area contributed by atoms with Crippen molar-refractivity contribution in [3.63, 3.8) is 0 Å². The molecule has 0 aliphatic carbocycles. The molecule has 3 nitrogen and oxygen atoms in total. The van der Waals surface area contributed by atoms with E-state index >= 15 is 0 Å². The summed E-state index contributed by atoms with van der Waals surface area (Å²) in [5.74, 6) is 0. The first-order chi connectivity index (χ1) is 6.34. The zero-order valence-corrected chi connectivity index (χ0v) is 8.03. The van der Waals surface area contributed by atoms with Gasteiger partial charge in [0.2, 0.25) is 0 Å². The molecule has 1 heterocycles. The molecule has 0 saturated carbocycles. The van der Waals surface area contributed by atoms with Crippen LogP contribution in [0, 0.1) is 0 Å². The van der Waals surface area contributed by atoms with Gasteiger partial charge < -0.3 is 11.1 Å². The normalized spacial score (nSPS) is 12.8. The topological polar surface area (TPSA) is 50.9 Å². The quantitative estimate of drug-likeness (QED) is 0.665. The van der Waals surface area contributed by atoms with Gasteiger partial charge in [0.25, 0.3) is 0 Å². The Hall–Kier alpha value is -0.930. The first kappa shape index (κ1) is 10.2. The Bertz CT molecular complexity index is 223. The highest BCUT2D eigenvalue weighted by Crippen LogP contribution is 2.06. The predicted octanol–water partition coefficient (Wildman–Crippen LogP) is 1.08. The molecule has 72 valence electrons. The van der Waals surface area contributed by atoms with Crippen LogP contribution in [0.2, 0.25) is 0 Å². The zero-order chi connectivity index (χ0) is 9.52. The molecule has 0 radical (unpaired) electrons. The van der Waals surface area contributed by atoms with Gasteiger partial charge in [0.1, 0.15) is 0 Å². The molecule has 1 rings (SSSR count). The summed E-state index contributed by atoms with van der Waals surface area (Å²) < 4.78 is 0. The third-order valence-electron chi connectivity index (χ3n) is 1.96. The molecule has 1 aromatic rings. The molecule has 3 heteroatoms. The summed E-state index contributed by atoms with van der Waals surface area (Å²) in [5, 5.41) is 3.36. The smallest absolute Gasteiger partial charge is 0.0570 e. The van der Waals surface area contributed by atoms with Crippen LogP contribution in [0.3, 0.4) is 0 Å². The van der Waals surface area contributed by atoms with Crippen molar-refractivity contribution in [3.05, 3.63) is 30.1 Å². The molecule has 0 unspecified atom stereocenters. The van der Waals surface area contributed by atoms with Crippen molar-refractivity contribution in [3.8, 4) is 0 Å². The number of rotatable bonds is 5. The minimum absolute atomic E-state index is 0.313. The minimum atomic E-state index is 0.313. The summed E-state index contributed by atoms with van der Waals surface area (Å²) in [6.07, 6.45) is 2.83. The van der Waals surface area contributed by atoms with E-state index in [1.165, 1.54) is 0 Å². The standard InChI is InChI=1S/C10H17N3/c1-9(12-8-4-6-11)10-5-2-3-7-13-10/h2-3,5,7,9,12H,4,6,8,11H2,1H3/t9-/m0/s1. The highest BCUT2D eigenvalue weighted by molar-refractivity contribution is 5.07. The summed E-state index contributed by atoms with van der Waals surface area (Å²) >= 11 is 0. The van der Waals surface area contributed by atoms with Crippen LogP contribution < -0.4 is 11.1 Å². The van der Waals surface area contributed by atoms with Gasteiger partial charge in [0.05, 0.1) is 5.69 Å². The summed E-state index contributed by atoms with van der Waals surface area (Å²) in [5.41, 5.74) is 6.48. The number of pyridine rings is 1. The van der Waals surface area contributed by atoms with Crippen LogP contribution in [0.25, 0.3) is 0 Å². The van der Waals surface area contributed by atoms with E-state index in [4.69, 9.17) is 5.73 Å². The fraction of sp³-hybridized carbons (Fsp3) is 0.500. The Balaban J connectivity index is 2.35. The molecule has 0 aliphatic heterocycles. The summed E-state index contributed by atoms with van der Waals surface area (Å²) in [4.78, 5) is 4.26. The second-order valence-electron chi connectivity index (χ2n) is 3.07. The fourth-order valence-electron chi connectivity index (χ4n) is 1.16. The highest BCUT2D eigenvalue weighted by atomic mass is 14.9. The molecule has 0 aliphatic rings. The molecule has 3 N–H and O–H groups in total. The van der Waals surface area contributed by atoms with Gasteiger partial charge in [-0.3, -0.25) is 4.98 Å². The van der Waals surface area contributed by atoms with Crippen LogP contribution in [0.4, 0.5) is 0 Å². The first-order valence-corrected chi connectivity index (χ1v) is 4.69. The molecule has 13 heavy (non-hydrogen) atoms. The Morgan fingerprint density at radius 1 is 1.54 bits per heavy atom. The van der Waals surface area contributed by atoms with Gasteiger partial charge in [-0.2, -0.15) is 0 Å². The van der Waals surface area contributed by atoms with E-state index in [1.807, 2.05) is 24.4 Å². The number of nitrogens with one attached hydrogen (secondary N) is 1. The van der Waals surface area contributed by atoms with Crippen molar-refractivity contribution in [2.45, 2.75) is 19.4 Å². The van der Waals surface area contributed by atoms with Gasteiger partial charge in [0, 0.05) is 12.2 Å². The van der Waals surface area contributed by atoms with E-state index in [9.17, 15) is 0 Å². The molecular weight excluding hydrogens is 162 g/mol. The maximum Gasteiger partial charge on any atom is 0.0570 e. The summed E-state index contributed by atoms with van der Waals surface area (Å²) in [7, 11) is 0. The first-order valence-electron chi connectivity index (χ1n) is 4.69. The van der Waals surface area contributed by atoms with E-state index in [2.05, 4.69) is 17.2 Å². The van der Waals surface area contributed by atoms with Gasteiger partial charge in [-0.25, -0.2) is 0 Å². The van der Waals surface area contributed by atoms with Crippen LogP contribution in [0.1, 0.15) is 25.1 Å². The number of nitrogens with zero attached hydrogens (tertiary/aromatic N) is 1. The summed E-state index contributed by atoms with van der Waals surface area (Å²) in [6, 6.07) is 6.27. The molecule has 0 aromatic carbocycles. The lowest BCUT2D eigenvalue weighted by Gasteiger charge is -2.12. The van der Waals surface area contributed by atoms with Gasteiger partial charge in [-0.15, -0.1) is 0 Å². The van der Waals surface area contributed by atoms with Gasteiger partial charge in [0.15, 0.2) is 0 Å². The number of hydrogen-bond donors (Lipinski definition) is 2. The molecule has 0 amide bonds. The fourth-order valence-corrected chi connectivity index (χ4v) is 1.16. The van der Waals surface area contributed by atoms with Crippen molar-refractivity contribution < 1.29 is 0 Å². The van der Waals surface area contributed by atoms with Crippen LogP contribution in [0.5, 0.6) is 0 Å².